The van der Waals surface area contributed by atoms with Crippen molar-refractivity contribution in [3.63, 3.8) is 0 Å². The Morgan fingerprint density at radius 1 is 1.44 bits per heavy atom. The first-order valence-electron chi connectivity index (χ1n) is 5.56. The van der Waals surface area contributed by atoms with Crippen molar-refractivity contribution in [3.8, 4) is 0 Å². The molecule has 0 amide bonds. The quantitative estimate of drug-likeness (QED) is 0.826. The zero-order chi connectivity index (χ0) is 11.5. The number of hydrogen-bond acceptors (Lipinski definition) is 2. The lowest BCUT2D eigenvalue weighted by atomic mass is 10.1. The summed E-state index contributed by atoms with van der Waals surface area (Å²) >= 11 is 0. The van der Waals surface area contributed by atoms with Gasteiger partial charge in [0.05, 0.1) is 0 Å². The Hall–Kier alpha value is -1.00. The minimum atomic E-state index is -0.764. The van der Waals surface area contributed by atoms with Gasteiger partial charge in [-0.05, 0) is 13.0 Å². The largest absolute Gasteiger partial charge is 0.314 e. The second-order valence-electron chi connectivity index (χ2n) is 4.24. The summed E-state index contributed by atoms with van der Waals surface area (Å²) in [5.74, 6) is -1.48. The van der Waals surface area contributed by atoms with Crippen molar-refractivity contribution in [2.24, 2.45) is 0 Å². The van der Waals surface area contributed by atoms with Crippen LogP contribution in [0.3, 0.4) is 0 Å². The maximum Gasteiger partial charge on any atom is 0.163 e. The molecular weight excluding hydrogens is 210 g/mol. The molecule has 1 aliphatic heterocycles. The maximum atomic E-state index is 13.5. The summed E-state index contributed by atoms with van der Waals surface area (Å²) in [6.07, 6.45) is 0. The van der Waals surface area contributed by atoms with Crippen LogP contribution in [0.15, 0.2) is 18.2 Å². The van der Waals surface area contributed by atoms with Crippen LogP contribution in [0.4, 0.5) is 8.78 Å². The molecule has 0 radical (unpaired) electrons. The van der Waals surface area contributed by atoms with Gasteiger partial charge in [-0.15, -0.1) is 0 Å². The zero-order valence-electron chi connectivity index (χ0n) is 9.34. The van der Waals surface area contributed by atoms with E-state index in [4.69, 9.17) is 0 Å². The predicted octanol–water partition coefficient (Wildman–Crippen LogP) is 1.76. The maximum absolute atomic E-state index is 13.5. The number of nitrogens with one attached hydrogen (secondary N) is 1. The molecule has 4 heteroatoms. The average molecular weight is 226 g/mol. The van der Waals surface area contributed by atoms with Gasteiger partial charge in [-0.3, -0.25) is 4.90 Å². The number of hydrogen-bond donors (Lipinski definition) is 1. The summed E-state index contributed by atoms with van der Waals surface area (Å²) in [5, 5.41) is 3.27. The van der Waals surface area contributed by atoms with Gasteiger partial charge in [0, 0.05) is 37.8 Å². The van der Waals surface area contributed by atoms with Gasteiger partial charge in [-0.2, -0.15) is 0 Å². The summed E-state index contributed by atoms with van der Waals surface area (Å²) in [5.41, 5.74) is 0.439. The monoisotopic (exact) mass is 226 g/mol. The van der Waals surface area contributed by atoms with E-state index in [9.17, 15) is 8.78 Å². The molecule has 0 aromatic heterocycles. The molecule has 1 aliphatic rings. The Labute approximate surface area is 94.3 Å². The molecule has 1 aromatic carbocycles. The molecule has 1 atom stereocenters. The Kier molecular flexibility index (Phi) is 3.51. The van der Waals surface area contributed by atoms with E-state index in [0.29, 0.717) is 18.2 Å². The molecular formula is C12H16F2N2. The smallest absolute Gasteiger partial charge is 0.163 e. The van der Waals surface area contributed by atoms with E-state index < -0.39 is 11.6 Å². The Balaban J connectivity index is 2.10. The third kappa shape index (κ3) is 2.39. The Morgan fingerprint density at radius 2 is 2.25 bits per heavy atom. The number of nitrogens with zero attached hydrogens (tertiary/aromatic N) is 1. The minimum absolute atomic E-state index is 0.358. The van der Waals surface area contributed by atoms with Crippen molar-refractivity contribution < 1.29 is 8.78 Å². The van der Waals surface area contributed by atoms with Gasteiger partial charge in [-0.1, -0.05) is 12.1 Å². The number of halogens is 2. The van der Waals surface area contributed by atoms with E-state index in [0.717, 1.165) is 25.7 Å². The molecule has 88 valence electrons. The summed E-state index contributed by atoms with van der Waals surface area (Å²) in [6, 6.07) is 4.71. The predicted molar refractivity (Wildman–Crippen MR) is 59.1 cm³/mol. The fraction of sp³-hybridized carbons (Fsp3) is 0.500. The highest BCUT2D eigenvalue weighted by Crippen LogP contribution is 2.15. The van der Waals surface area contributed by atoms with Crippen LogP contribution in [-0.4, -0.2) is 30.6 Å². The number of piperazine rings is 1. The highest BCUT2D eigenvalue weighted by Gasteiger charge is 2.19. The summed E-state index contributed by atoms with van der Waals surface area (Å²) in [6.45, 7) is 5.24. The molecule has 1 heterocycles. The molecule has 0 saturated carbocycles. The molecule has 1 unspecified atom stereocenters. The first kappa shape index (κ1) is 11.5. The Bertz CT molecular complexity index is 368. The van der Waals surface area contributed by atoms with Crippen molar-refractivity contribution in [2.45, 2.75) is 19.5 Å². The highest BCUT2D eigenvalue weighted by molar-refractivity contribution is 5.19. The third-order valence-electron chi connectivity index (χ3n) is 3.04. The van der Waals surface area contributed by atoms with E-state index in [2.05, 4.69) is 17.1 Å². The lowest BCUT2D eigenvalue weighted by Crippen LogP contribution is -2.49. The normalized spacial score (nSPS) is 22.3. The van der Waals surface area contributed by atoms with Crippen molar-refractivity contribution >= 4 is 0 Å². The molecule has 1 aromatic rings. The second kappa shape index (κ2) is 4.89. The summed E-state index contributed by atoms with van der Waals surface area (Å²) in [7, 11) is 0. The van der Waals surface area contributed by atoms with Gasteiger partial charge in [0.1, 0.15) is 0 Å². The first-order valence-corrected chi connectivity index (χ1v) is 5.56. The van der Waals surface area contributed by atoms with E-state index in [-0.39, 0.29) is 0 Å². The molecule has 1 N–H and O–H groups in total. The molecule has 0 spiro atoms. The van der Waals surface area contributed by atoms with E-state index in [1.165, 1.54) is 0 Å². The van der Waals surface area contributed by atoms with Gasteiger partial charge < -0.3 is 5.32 Å². The number of benzene rings is 1. The van der Waals surface area contributed by atoms with Crippen LogP contribution < -0.4 is 5.32 Å². The Morgan fingerprint density at radius 3 is 3.00 bits per heavy atom. The third-order valence-corrected chi connectivity index (χ3v) is 3.04. The standard InChI is InChI=1S/C12H16F2N2/c1-9-7-15-5-6-16(9)8-10-3-2-4-11(13)12(10)14/h2-4,9,15H,5-8H2,1H3. The minimum Gasteiger partial charge on any atom is -0.314 e. The molecule has 2 nitrogen and oxygen atoms in total. The first-order chi connectivity index (χ1) is 7.68. The molecule has 0 bridgehead atoms. The molecule has 16 heavy (non-hydrogen) atoms. The average Bonchev–Trinajstić information content (AvgIpc) is 2.28. The lowest BCUT2D eigenvalue weighted by molar-refractivity contribution is 0.163. The highest BCUT2D eigenvalue weighted by atomic mass is 19.2. The zero-order valence-corrected chi connectivity index (χ0v) is 9.34. The van der Waals surface area contributed by atoms with Crippen molar-refractivity contribution in [1.29, 1.82) is 0 Å². The van der Waals surface area contributed by atoms with Gasteiger partial charge in [0.25, 0.3) is 0 Å². The summed E-state index contributed by atoms with van der Waals surface area (Å²) in [4.78, 5) is 2.16. The van der Waals surface area contributed by atoms with E-state index in [1.54, 1.807) is 12.1 Å². The fourth-order valence-electron chi connectivity index (χ4n) is 2.01. The van der Waals surface area contributed by atoms with Gasteiger partial charge >= 0.3 is 0 Å². The molecule has 1 saturated heterocycles. The van der Waals surface area contributed by atoms with E-state index in [1.807, 2.05) is 0 Å². The lowest BCUT2D eigenvalue weighted by Gasteiger charge is -2.33. The topological polar surface area (TPSA) is 15.3 Å². The van der Waals surface area contributed by atoms with Gasteiger partial charge in [0.2, 0.25) is 0 Å². The van der Waals surface area contributed by atoms with Crippen LogP contribution in [0.2, 0.25) is 0 Å². The molecule has 0 aliphatic carbocycles. The molecule has 1 fully saturated rings. The van der Waals surface area contributed by atoms with Crippen LogP contribution in [0.1, 0.15) is 12.5 Å². The van der Waals surface area contributed by atoms with Crippen molar-refractivity contribution in [2.75, 3.05) is 19.6 Å². The van der Waals surface area contributed by atoms with Crippen LogP contribution in [0.5, 0.6) is 0 Å². The fourth-order valence-corrected chi connectivity index (χ4v) is 2.01. The van der Waals surface area contributed by atoms with Crippen LogP contribution in [0.25, 0.3) is 0 Å². The van der Waals surface area contributed by atoms with E-state index >= 15 is 0 Å². The van der Waals surface area contributed by atoms with Crippen LogP contribution in [0, 0.1) is 11.6 Å². The van der Waals surface area contributed by atoms with Crippen molar-refractivity contribution in [1.82, 2.24) is 10.2 Å². The summed E-state index contributed by atoms with van der Waals surface area (Å²) < 4.78 is 26.5. The van der Waals surface area contributed by atoms with Gasteiger partial charge in [-0.25, -0.2) is 8.78 Å². The van der Waals surface area contributed by atoms with Crippen molar-refractivity contribution in [3.05, 3.63) is 35.4 Å². The van der Waals surface area contributed by atoms with Gasteiger partial charge in [0.15, 0.2) is 11.6 Å². The van der Waals surface area contributed by atoms with Crippen LogP contribution in [-0.2, 0) is 6.54 Å². The molecule has 2 rings (SSSR count). The van der Waals surface area contributed by atoms with Crippen LogP contribution >= 0.6 is 0 Å². The SMILES string of the molecule is CC1CNCCN1Cc1cccc(F)c1F. The second-order valence-corrected chi connectivity index (χ2v) is 4.24. The number of rotatable bonds is 2.